The molecule has 0 fully saturated rings. The Hall–Kier alpha value is -4.58. The number of thioether (sulfide) groups is 1. The van der Waals surface area contributed by atoms with Gasteiger partial charge in [-0.25, -0.2) is 5.43 Å². The van der Waals surface area contributed by atoms with Gasteiger partial charge in [-0.05, 0) is 49.4 Å². The van der Waals surface area contributed by atoms with Crippen molar-refractivity contribution in [2.75, 3.05) is 33.7 Å². The van der Waals surface area contributed by atoms with Crippen molar-refractivity contribution in [1.82, 2.24) is 25.2 Å². The van der Waals surface area contributed by atoms with E-state index in [-0.39, 0.29) is 11.7 Å². The van der Waals surface area contributed by atoms with Gasteiger partial charge in [0.15, 0.2) is 22.5 Å². The molecule has 0 saturated heterocycles. The van der Waals surface area contributed by atoms with Gasteiger partial charge in [0.1, 0.15) is 11.5 Å². The number of hydrazone groups is 1. The second kappa shape index (κ2) is 13.3. The van der Waals surface area contributed by atoms with Crippen LogP contribution in [-0.4, -0.2) is 65.6 Å². The second-order valence-electron chi connectivity index (χ2n) is 7.84. The van der Waals surface area contributed by atoms with Gasteiger partial charge in [-0.2, -0.15) is 5.10 Å². The molecule has 11 nitrogen and oxygen atoms in total. The molecule has 0 bridgehead atoms. The number of carbonyl (C=O) groups is 1. The van der Waals surface area contributed by atoms with Crippen molar-refractivity contribution in [2.24, 2.45) is 5.10 Å². The third kappa shape index (κ3) is 6.65. The van der Waals surface area contributed by atoms with Gasteiger partial charge >= 0.3 is 0 Å². The fourth-order valence-corrected chi connectivity index (χ4v) is 4.37. The number of carbonyl (C=O) groups excluding carboxylic acids is 1. The zero-order chi connectivity index (χ0) is 27.6. The molecular weight excluding hydrogens is 520 g/mol. The Morgan fingerprint density at radius 3 is 2.44 bits per heavy atom. The van der Waals surface area contributed by atoms with Crippen LogP contribution in [0, 0.1) is 0 Å². The Bertz CT molecular complexity index is 1430. The molecular formula is C27H28N6O5S. The highest BCUT2D eigenvalue weighted by molar-refractivity contribution is 7.99. The Balaban J connectivity index is 1.50. The summed E-state index contributed by atoms with van der Waals surface area (Å²) in [6.45, 7) is 2.51. The van der Waals surface area contributed by atoms with Crippen LogP contribution < -0.4 is 24.4 Å². The van der Waals surface area contributed by atoms with Crippen LogP contribution in [0.2, 0.25) is 0 Å². The van der Waals surface area contributed by atoms with Gasteiger partial charge in [-0.3, -0.25) is 14.3 Å². The molecule has 0 saturated carbocycles. The van der Waals surface area contributed by atoms with E-state index in [4.69, 9.17) is 18.9 Å². The predicted octanol–water partition coefficient (Wildman–Crippen LogP) is 4.00. The monoisotopic (exact) mass is 548 g/mol. The van der Waals surface area contributed by atoms with Crippen molar-refractivity contribution in [1.29, 1.82) is 0 Å². The van der Waals surface area contributed by atoms with E-state index in [1.165, 1.54) is 32.2 Å². The molecule has 0 aliphatic carbocycles. The lowest BCUT2D eigenvalue weighted by atomic mass is 10.2. The van der Waals surface area contributed by atoms with Crippen LogP contribution in [0.25, 0.3) is 17.1 Å². The highest BCUT2D eigenvalue weighted by Crippen LogP contribution is 2.34. The van der Waals surface area contributed by atoms with Crippen molar-refractivity contribution >= 4 is 23.9 Å². The van der Waals surface area contributed by atoms with Crippen molar-refractivity contribution in [3.8, 4) is 40.1 Å². The molecule has 202 valence electrons. The maximum absolute atomic E-state index is 12.6. The smallest absolute Gasteiger partial charge is 0.250 e. The molecule has 2 aromatic carbocycles. The number of amides is 1. The molecule has 1 amide bonds. The first kappa shape index (κ1) is 27.5. The first-order chi connectivity index (χ1) is 19.1. The lowest BCUT2D eigenvalue weighted by molar-refractivity contribution is -0.118. The molecule has 0 atom stereocenters. The van der Waals surface area contributed by atoms with Crippen LogP contribution in [0.4, 0.5) is 0 Å². The summed E-state index contributed by atoms with van der Waals surface area (Å²) < 4.78 is 23.5. The van der Waals surface area contributed by atoms with E-state index in [1.54, 1.807) is 31.6 Å². The van der Waals surface area contributed by atoms with Crippen LogP contribution in [-0.2, 0) is 4.79 Å². The summed E-state index contributed by atoms with van der Waals surface area (Å²) in [6.07, 6.45) is 4.89. The number of hydrogen-bond acceptors (Lipinski definition) is 10. The van der Waals surface area contributed by atoms with Crippen LogP contribution >= 0.6 is 11.8 Å². The summed E-state index contributed by atoms with van der Waals surface area (Å²) in [6, 6.07) is 14.7. The number of nitrogens with zero attached hydrogens (tertiary/aromatic N) is 5. The predicted molar refractivity (Wildman–Crippen MR) is 148 cm³/mol. The molecule has 0 aliphatic rings. The minimum atomic E-state index is -0.320. The van der Waals surface area contributed by atoms with E-state index < -0.39 is 0 Å². The van der Waals surface area contributed by atoms with Crippen molar-refractivity contribution < 1.29 is 23.7 Å². The number of hydrogen-bond donors (Lipinski definition) is 1. The molecule has 0 spiro atoms. The zero-order valence-corrected chi connectivity index (χ0v) is 22.8. The Morgan fingerprint density at radius 1 is 1.03 bits per heavy atom. The fraction of sp³-hybridized carbons (Fsp3) is 0.222. The quantitative estimate of drug-likeness (QED) is 0.159. The topological polar surface area (TPSA) is 122 Å². The molecule has 1 N–H and O–H groups in total. The molecule has 39 heavy (non-hydrogen) atoms. The lowest BCUT2D eigenvalue weighted by Crippen LogP contribution is -2.20. The van der Waals surface area contributed by atoms with Crippen LogP contribution in [0.15, 0.2) is 71.2 Å². The Kier molecular flexibility index (Phi) is 9.35. The van der Waals surface area contributed by atoms with Gasteiger partial charge in [-0.15, -0.1) is 10.2 Å². The number of pyridine rings is 1. The number of aromatic nitrogens is 4. The summed E-state index contributed by atoms with van der Waals surface area (Å²) in [5.41, 5.74) is 4.76. The van der Waals surface area contributed by atoms with Crippen LogP contribution in [0.5, 0.6) is 23.0 Å². The largest absolute Gasteiger partial charge is 0.496 e. The standard InChI is InChI=1S/C27H28N6O5S/c1-5-38-21-10-8-20(9-11-21)33-26(18-7-6-12-28-15-18)31-32-27(33)39-17-25(34)30-29-16-19-13-23(36-3)24(37-4)14-22(19)35-2/h6-16H,5,17H2,1-4H3,(H,30,34). The zero-order valence-electron chi connectivity index (χ0n) is 22.0. The molecule has 0 unspecified atom stereocenters. The third-order valence-electron chi connectivity index (χ3n) is 5.42. The van der Waals surface area contributed by atoms with E-state index in [0.29, 0.717) is 40.4 Å². The molecule has 2 heterocycles. The number of methoxy groups -OCH3 is 3. The van der Waals surface area contributed by atoms with Crippen molar-refractivity contribution in [3.05, 3.63) is 66.5 Å². The van der Waals surface area contributed by atoms with Gasteiger partial charge in [0.25, 0.3) is 5.91 Å². The van der Waals surface area contributed by atoms with Gasteiger partial charge in [0.2, 0.25) is 0 Å². The normalized spacial score (nSPS) is 10.9. The van der Waals surface area contributed by atoms with Crippen molar-refractivity contribution in [2.45, 2.75) is 12.1 Å². The highest BCUT2D eigenvalue weighted by Gasteiger charge is 2.18. The molecule has 4 aromatic rings. The first-order valence-corrected chi connectivity index (χ1v) is 12.9. The van der Waals surface area contributed by atoms with Gasteiger partial charge < -0.3 is 18.9 Å². The van der Waals surface area contributed by atoms with Gasteiger partial charge in [0.05, 0.1) is 39.9 Å². The lowest BCUT2D eigenvalue weighted by Gasteiger charge is -2.12. The van der Waals surface area contributed by atoms with E-state index in [9.17, 15) is 4.79 Å². The second-order valence-corrected chi connectivity index (χ2v) is 8.78. The SMILES string of the molecule is CCOc1ccc(-n2c(SCC(=O)NN=Cc3cc(OC)c(OC)cc3OC)nnc2-c2cccnc2)cc1. The number of nitrogens with one attached hydrogen (secondary N) is 1. The van der Waals surface area contributed by atoms with E-state index in [1.807, 2.05) is 47.9 Å². The number of ether oxygens (including phenoxy) is 4. The molecule has 0 aliphatic heterocycles. The van der Waals surface area contributed by atoms with Gasteiger partial charge in [0, 0.05) is 35.3 Å². The molecule has 12 heteroatoms. The van der Waals surface area contributed by atoms with Crippen molar-refractivity contribution in [3.63, 3.8) is 0 Å². The van der Waals surface area contributed by atoms with E-state index in [0.717, 1.165) is 17.0 Å². The van der Waals surface area contributed by atoms with Gasteiger partial charge in [-0.1, -0.05) is 11.8 Å². The maximum atomic E-state index is 12.6. The summed E-state index contributed by atoms with van der Waals surface area (Å²) in [5, 5.41) is 13.3. The summed E-state index contributed by atoms with van der Waals surface area (Å²) in [4.78, 5) is 16.8. The maximum Gasteiger partial charge on any atom is 0.250 e. The Morgan fingerprint density at radius 2 is 1.77 bits per heavy atom. The summed E-state index contributed by atoms with van der Waals surface area (Å²) in [7, 11) is 4.61. The van der Waals surface area contributed by atoms with E-state index >= 15 is 0 Å². The average Bonchev–Trinajstić information content (AvgIpc) is 3.40. The average molecular weight is 549 g/mol. The molecule has 2 aromatic heterocycles. The Labute approximate surface area is 230 Å². The first-order valence-electron chi connectivity index (χ1n) is 11.9. The fourth-order valence-electron chi connectivity index (χ4n) is 3.63. The van der Waals surface area contributed by atoms with E-state index in [2.05, 4.69) is 25.7 Å². The molecule has 0 radical (unpaired) electrons. The summed E-state index contributed by atoms with van der Waals surface area (Å²) in [5.74, 6) is 2.66. The minimum Gasteiger partial charge on any atom is -0.496 e. The third-order valence-corrected chi connectivity index (χ3v) is 6.35. The van der Waals surface area contributed by atoms with Crippen LogP contribution in [0.3, 0.4) is 0 Å². The summed E-state index contributed by atoms with van der Waals surface area (Å²) >= 11 is 1.24. The minimum absolute atomic E-state index is 0.0581. The number of rotatable bonds is 12. The molecule has 4 rings (SSSR count). The highest BCUT2D eigenvalue weighted by atomic mass is 32.2. The van der Waals surface area contributed by atoms with Crippen LogP contribution in [0.1, 0.15) is 12.5 Å². The number of benzene rings is 2.